The summed E-state index contributed by atoms with van der Waals surface area (Å²) in [7, 11) is 3.04. The van der Waals surface area contributed by atoms with Crippen LogP contribution in [0.2, 0.25) is 5.15 Å². The van der Waals surface area contributed by atoms with Gasteiger partial charge in [-0.1, -0.05) is 23.7 Å². The molecule has 0 unspecified atom stereocenters. The van der Waals surface area contributed by atoms with Gasteiger partial charge in [-0.25, -0.2) is 9.97 Å². The van der Waals surface area contributed by atoms with E-state index in [2.05, 4.69) is 20.0 Å². The molecule has 116 valence electrons. The number of carbonyl (C=O) groups excluding carboxylic acids is 1. The minimum absolute atomic E-state index is 0.0215. The third-order valence-electron chi connectivity index (χ3n) is 3.13. The maximum Gasteiger partial charge on any atom is 0.310 e. The van der Waals surface area contributed by atoms with E-state index in [9.17, 15) is 4.79 Å². The van der Waals surface area contributed by atoms with Crippen molar-refractivity contribution in [1.29, 1.82) is 0 Å². The molecule has 2 aromatic rings. The normalized spacial score (nSPS) is 10.3. The van der Waals surface area contributed by atoms with E-state index in [1.165, 1.54) is 7.11 Å². The number of rotatable bonds is 5. The lowest BCUT2D eigenvalue weighted by Crippen LogP contribution is -2.11. The van der Waals surface area contributed by atoms with Gasteiger partial charge in [-0.05, 0) is 17.7 Å². The Balaban J connectivity index is 2.28. The Hall–Kier alpha value is -2.34. The fourth-order valence-electron chi connectivity index (χ4n) is 1.98. The second kappa shape index (κ2) is 7.09. The third-order valence-corrected chi connectivity index (χ3v) is 3.44. The van der Waals surface area contributed by atoms with Crippen LogP contribution in [0.1, 0.15) is 17.0 Å². The zero-order chi connectivity index (χ0) is 16.1. The molecule has 1 aromatic carbocycles. The lowest BCUT2D eigenvalue weighted by molar-refractivity contribution is -0.139. The van der Waals surface area contributed by atoms with Crippen molar-refractivity contribution in [2.24, 2.45) is 0 Å². The Bertz CT molecular complexity index is 674. The molecule has 0 saturated heterocycles. The standard InChI is InChI=1S/C15H17ClN4O2/c1-18-15-11(8-13(21)22-2)14(16)19-12(20-15)7-9-3-5-10(17)6-4-9/h3-6H,7-8,17H2,1-2H3,(H,18,19,20). The summed E-state index contributed by atoms with van der Waals surface area (Å²) in [5, 5.41) is 3.18. The number of nitrogens with zero attached hydrogens (tertiary/aromatic N) is 2. The number of hydrogen-bond acceptors (Lipinski definition) is 6. The minimum atomic E-state index is -0.395. The van der Waals surface area contributed by atoms with Gasteiger partial charge in [0.1, 0.15) is 16.8 Å². The summed E-state index contributed by atoms with van der Waals surface area (Å²) in [4.78, 5) is 20.1. The average Bonchev–Trinajstić information content (AvgIpc) is 2.51. The van der Waals surface area contributed by atoms with Crippen LogP contribution >= 0.6 is 11.6 Å². The van der Waals surface area contributed by atoms with Crippen molar-refractivity contribution in [3.63, 3.8) is 0 Å². The zero-order valence-electron chi connectivity index (χ0n) is 12.4. The molecule has 0 aliphatic carbocycles. The number of benzene rings is 1. The third kappa shape index (κ3) is 3.85. The number of esters is 1. The summed E-state index contributed by atoms with van der Waals surface area (Å²) in [5.41, 5.74) is 7.91. The highest BCUT2D eigenvalue weighted by Gasteiger charge is 2.16. The smallest absolute Gasteiger partial charge is 0.310 e. The van der Waals surface area contributed by atoms with Gasteiger partial charge in [0.05, 0.1) is 13.5 Å². The molecule has 1 aromatic heterocycles. The number of anilines is 2. The van der Waals surface area contributed by atoms with Crippen LogP contribution in [0.4, 0.5) is 11.5 Å². The van der Waals surface area contributed by atoms with E-state index < -0.39 is 5.97 Å². The lowest BCUT2D eigenvalue weighted by Gasteiger charge is -2.11. The van der Waals surface area contributed by atoms with Gasteiger partial charge in [-0.2, -0.15) is 0 Å². The molecular weight excluding hydrogens is 304 g/mol. The number of ether oxygens (including phenoxy) is 1. The lowest BCUT2D eigenvalue weighted by atomic mass is 10.1. The first-order valence-corrected chi connectivity index (χ1v) is 7.05. The van der Waals surface area contributed by atoms with Crippen molar-refractivity contribution in [1.82, 2.24) is 9.97 Å². The van der Waals surface area contributed by atoms with Gasteiger partial charge in [0, 0.05) is 24.7 Å². The minimum Gasteiger partial charge on any atom is -0.469 e. The first-order valence-electron chi connectivity index (χ1n) is 6.67. The molecule has 6 nitrogen and oxygen atoms in total. The molecule has 0 bridgehead atoms. The maximum absolute atomic E-state index is 11.4. The largest absolute Gasteiger partial charge is 0.469 e. The number of carbonyl (C=O) groups is 1. The molecule has 0 spiro atoms. The Kier molecular flexibility index (Phi) is 5.16. The van der Waals surface area contributed by atoms with Gasteiger partial charge in [0.15, 0.2) is 0 Å². The van der Waals surface area contributed by atoms with E-state index in [-0.39, 0.29) is 11.6 Å². The molecule has 0 fully saturated rings. The molecule has 0 aliphatic heterocycles. The summed E-state index contributed by atoms with van der Waals surface area (Å²) in [6, 6.07) is 7.46. The molecule has 0 atom stereocenters. The molecule has 0 saturated carbocycles. The molecule has 0 aliphatic rings. The summed E-state index contributed by atoms with van der Waals surface area (Å²) >= 11 is 6.19. The van der Waals surface area contributed by atoms with Crippen LogP contribution in [0, 0.1) is 0 Å². The van der Waals surface area contributed by atoms with Crippen LogP contribution in [0.15, 0.2) is 24.3 Å². The van der Waals surface area contributed by atoms with Crippen molar-refractivity contribution in [2.45, 2.75) is 12.8 Å². The fourth-order valence-corrected chi connectivity index (χ4v) is 2.23. The predicted molar refractivity (Wildman–Crippen MR) is 86.0 cm³/mol. The topological polar surface area (TPSA) is 90.1 Å². The number of halogens is 1. The van der Waals surface area contributed by atoms with Crippen molar-refractivity contribution in [3.8, 4) is 0 Å². The van der Waals surface area contributed by atoms with Crippen molar-refractivity contribution < 1.29 is 9.53 Å². The number of methoxy groups -OCH3 is 1. The van der Waals surface area contributed by atoms with Gasteiger partial charge in [-0.15, -0.1) is 0 Å². The van der Waals surface area contributed by atoms with Crippen LogP contribution in [-0.2, 0) is 22.4 Å². The molecule has 2 rings (SSSR count). The molecule has 0 radical (unpaired) electrons. The number of nitrogens with one attached hydrogen (secondary N) is 1. The van der Waals surface area contributed by atoms with E-state index in [0.29, 0.717) is 29.3 Å². The molecule has 7 heteroatoms. The van der Waals surface area contributed by atoms with Crippen LogP contribution in [0.3, 0.4) is 0 Å². The van der Waals surface area contributed by atoms with E-state index in [0.717, 1.165) is 5.56 Å². The van der Waals surface area contributed by atoms with Crippen molar-refractivity contribution >= 4 is 29.1 Å². The monoisotopic (exact) mass is 320 g/mol. The Morgan fingerprint density at radius 2 is 2.00 bits per heavy atom. The van der Waals surface area contributed by atoms with Crippen molar-refractivity contribution in [3.05, 3.63) is 46.4 Å². The Labute approximate surface area is 133 Å². The molecule has 1 heterocycles. The Morgan fingerprint density at radius 3 is 2.59 bits per heavy atom. The van der Waals surface area contributed by atoms with Gasteiger partial charge < -0.3 is 15.8 Å². The first-order chi connectivity index (χ1) is 10.5. The second-order valence-electron chi connectivity index (χ2n) is 4.68. The predicted octanol–water partition coefficient (Wildman–Crippen LogP) is 2.06. The van der Waals surface area contributed by atoms with Gasteiger partial charge in [-0.3, -0.25) is 4.79 Å². The quantitative estimate of drug-likeness (QED) is 0.498. The van der Waals surface area contributed by atoms with Crippen molar-refractivity contribution in [2.75, 3.05) is 25.2 Å². The second-order valence-corrected chi connectivity index (χ2v) is 5.04. The molecule has 0 amide bonds. The summed E-state index contributed by atoms with van der Waals surface area (Å²) in [5.74, 6) is 0.692. The number of aromatic nitrogens is 2. The summed E-state index contributed by atoms with van der Waals surface area (Å²) < 4.78 is 4.65. The molecule has 3 N–H and O–H groups in total. The van der Waals surface area contributed by atoms with Crippen LogP contribution in [0.25, 0.3) is 0 Å². The highest BCUT2D eigenvalue weighted by molar-refractivity contribution is 6.30. The highest BCUT2D eigenvalue weighted by atomic mass is 35.5. The summed E-state index contributed by atoms with van der Waals surface area (Å²) in [6.07, 6.45) is 0.543. The van der Waals surface area contributed by atoms with E-state index >= 15 is 0 Å². The average molecular weight is 321 g/mol. The summed E-state index contributed by atoms with van der Waals surface area (Å²) in [6.45, 7) is 0. The zero-order valence-corrected chi connectivity index (χ0v) is 13.1. The number of nitrogens with two attached hydrogens (primary N) is 1. The SMILES string of the molecule is CNc1nc(Cc2ccc(N)cc2)nc(Cl)c1CC(=O)OC. The molecular formula is C15H17ClN4O2. The molecule has 22 heavy (non-hydrogen) atoms. The maximum atomic E-state index is 11.4. The van der Waals surface area contributed by atoms with Gasteiger partial charge in [0.25, 0.3) is 0 Å². The number of hydrogen-bond donors (Lipinski definition) is 2. The van der Waals surface area contributed by atoms with Crippen LogP contribution < -0.4 is 11.1 Å². The Morgan fingerprint density at radius 1 is 1.32 bits per heavy atom. The number of nitrogen functional groups attached to an aromatic ring is 1. The van der Waals surface area contributed by atoms with Gasteiger partial charge >= 0.3 is 5.97 Å². The van der Waals surface area contributed by atoms with Gasteiger partial charge in [0.2, 0.25) is 0 Å². The van der Waals surface area contributed by atoms with Crippen LogP contribution in [-0.4, -0.2) is 30.1 Å². The van der Waals surface area contributed by atoms with Crippen LogP contribution in [0.5, 0.6) is 0 Å². The van der Waals surface area contributed by atoms with E-state index in [4.69, 9.17) is 17.3 Å². The van der Waals surface area contributed by atoms with E-state index in [1.807, 2.05) is 24.3 Å². The van der Waals surface area contributed by atoms with E-state index in [1.54, 1.807) is 7.05 Å². The first kappa shape index (κ1) is 16.0. The fraction of sp³-hybridized carbons (Fsp3) is 0.267. The highest BCUT2D eigenvalue weighted by Crippen LogP contribution is 2.23.